The fourth-order valence-electron chi connectivity index (χ4n) is 1.78. The molecule has 0 aliphatic heterocycles. The Morgan fingerprint density at radius 2 is 2.20 bits per heavy atom. The zero-order valence-corrected chi connectivity index (χ0v) is 9.66. The summed E-state index contributed by atoms with van der Waals surface area (Å²) in [6.07, 6.45) is 7.01. The molecule has 1 aromatic heterocycles. The van der Waals surface area contributed by atoms with Gasteiger partial charge in [-0.25, -0.2) is 0 Å². The fraction of sp³-hybridized carbons (Fsp3) is 0.615. The second kappa shape index (κ2) is 6.44. The first-order valence-corrected chi connectivity index (χ1v) is 5.87. The van der Waals surface area contributed by atoms with Gasteiger partial charge in [-0.2, -0.15) is 0 Å². The summed E-state index contributed by atoms with van der Waals surface area (Å²) in [4.78, 5) is 11.9. The van der Waals surface area contributed by atoms with Crippen LogP contribution in [0.3, 0.4) is 0 Å². The Hall–Kier alpha value is -1.05. The minimum Gasteiger partial charge on any atom is -0.461 e. The molecule has 0 fully saturated rings. The van der Waals surface area contributed by atoms with Gasteiger partial charge in [0, 0.05) is 5.92 Å². The molecular formula is C13H20O2. The SMILES string of the molecule is CCCCCC(CC)C(=O)c1ccco1. The number of unbranched alkanes of at least 4 members (excludes halogenated alkanes) is 2. The van der Waals surface area contributed by atoms with Crippen LogP contribution in [0.5, 0.6) is 0 Å². The summed E-state index contributed by atoms with van der Waals surface area (Å²) in [5.41, 5.74) is 0. The molecule has 0 spiro atoms. The third-order valence-corrected chi connectivity index (χ3v) is 2.78. The van der Waals surface area contributed by atoms with E-state index in [9.17, 15) is 4.79 Å². The molecule has 1 atom stereocenters. The molecule has 0 N–H and O–H groups in total. The maximum absolute atomic E-state index is 11.9. The van der Waals surface area contributed by atoms with Gasteiger partial charge in [0.15, 0.2) is 5.76 Å². The van der Waals surface area contributed by atoms with E-state index >= 15 is 0 Å². The molecular weight excluding hydrogens is 188 g/mol. The number of Topliss-reactive ketones (excluding diaryl/α,β-unsaturated/α-hetero) is 1. The lowest BCUT2D eigenvalue weighted by Crippen LogP contribution is -2.13. The molecule has 0 aliphatic rings. The van der Waals surface area contributed by atoms with E-state index in [0.717, 1.165) is 19.3 Å². The molecule has 1 rings (SSSR count). The molecule has 0 aromatic carbocycles. The third-order valence-electron chi connectivity index (χ3n) is 2.78. The quantitative estimate of drug-likeness (QED) is 0.499. The highest BCUT2D eigenvalue weighted by molar-refractivity contribution is 5.95. The van der Waals surface area contributed by atoms with Gasteiger partial charge < -0.3 is 4.42 Å². The van der Waals surface area contributed by atoms with E-state index in [4.69, 9.17) is 4.42 Å². The molecule has 0 bridgehead atoms. The summed E-state index contributed by atoms with van der Waals surface area (Å²) in [6, 6.07) is 3.52. The topological polar surface area (TPSA) is 30.2 Å². The molecule has 0 radical (unpaired) electrons. The van der Waals surface area contributed by atoms with Gasteiger partial charge in [-0.15, -0.1) is 0 Å². The number of carbonyl (C=O) groups excluding carboxylic acids is 1. The molecule has 1 unspecified atom stereocenters. The number of ketones is 1. The smallest absolute Gasteiger partial charge is 0.201 e. The first-order valence-electron chi connectivity index (χ1n) is 5.87. The summed E-state index contributed by atoms with van der Waals surface area (Å²) in [5.74, 6) is 0.819. The molecule has 1 aromatic rings. The van der Waals surface area contributed by atoms with Crippen molar-refractivity contribution in [1.29, 1.82) is 0 Å². The average molecular weight is 208 g/mol. The highest BCUT2D eigenvalue weighted by Gasteiger charge is 2.19. The van der Waals surface area contributed by atoms with Crippen molar-refractivity contribution >= 4 is 5.78 Å². The second-order valence-corrected chi connectivity index (χ2v) is 3.94. The van der Waals surface area contributed by atoms with Crippen LogP contribution in [0, 0.1) is 5.92 Å². The van der Waals surface area contributed by atoms with Crippen molar-refractivity contribution in [3.8, 4) is 0 Å². The average Bonchev–Trinajstić information content (AvgIpc) is 2.77. The van der Waals surface area contributed by atoms with E-state index in [1.165, 1.54) is 12.8 Å². The second-order valence-electron chi connectivity index (χ2n) is 3.94. The first-order chi connectivity index (χ1) is 7.29. The number of hydrogen-bond acceptors (Lipinski definition) is 2. The summed E-state index contributed by atoms with van der Waals surface area (Å²) in [7, 11) is 0. The van der Waals surface area contributed by atoms with Crippen LogP contribution in [0.1, 0.15) is 56.5 Å². The van der Waals surface area contributed by atoms with Crippen molar-refractivity contribution in [2.45, 2.75) is 46.0 Å². The highest BCUT2D eigenvalue weighted by atomic mass is 16.3. The Balaban J connectivity index is 2.47. The normalized spacial score (nSPS) is 12.7. The van der Waals surface area contributed by atoms with Crippen LogP contribution in [-0.2, 0) is 0 Å². The van der Waals surface area contributed by atoms with Crippen molar-refractivity contribution in [2.24, 2.45) is 5.92 Å². The maximum atomic E-state index is 11.9. The van der Waals surface area contributed by atoms with Crippen molar-refractivity contribution < 1.29 is 9.21 Å². The molecule has 84 valence electrons. The van der Waals surface area contributed by atoms with Crippen molar-refractivity contribution in [1.82, 2.24) is 0 Å². The van der Waals surface area contributed by atoms with Gasteiger partial charge in [-0.3, -0.25) is 4.79 Å². The van der Waals surface area contributed by atoms with Gasteiger partial charge in [0.05, 0.1) is 6.26 Å². The summed E-state index contributed by atoms with van der Waals surface area (Å²) in [5, 5.41) is 0. The largest absolute Gasteiger partial charge is 0.461 e. The van der Waals surface area contributed by atoms with Gasteiger partial charge in [-0.05, 0) is 25.0 Å². The van der Waals surface area contributed by atoms with Crippen LogP contribution in [0.2, 0.25) is 0 Å². The third kappa shape index (κ3) is 3.54. The Morgan fingerprint density at radius 1 is 1.40 bits per heavy atom. The van der Waals surface area contributed by atoms with E-state index in [0.29, 0.717) is 5.76 Å². The Bertz CT molecular complexity index is 275. The Labute approximate surface area is 91.7 Å². The predicted molar refractivity (Wildman–Crippen MR) is 61.0 cm³/mol. The zero-order valence-electron chi connectivity index (χ0n) is 9.66. The summed E-state index contributed by atoms with van der Waals surface area (Å²) < 4.78 is 5.13. The molecule has 0 saturated heterocycles. The van der Waals surface area contributed by atoms with E-state index in [-0.39, 0.29) is 11.7 Å². The molecule has 2 heteroatoms. The van der Waals surface area contributed by atoms with Crippen LogP contribution in [0.25, 0.3) is 0 Å². The van der Waals surface area contributed by atoms with Gasteiger partial charge >= 0.3 is 0 Å². The summed E-state index contributed by atoms with van der Waals surface area (Å²) >= 11 is 0. The number of rotatable bonds is 7. The number of carbonyl (C=O) groups is 1. The van der Waals surface area contributed by atoms with Crippen LogP contribution < -0.4 is 0 Å². The van der Waals surface area contributed by atoms with Crippen molar-refractivity contribution in [2.75, 3.05) is 0 Å². The molecule has 0 amide bonds. The maximum Gasteiger partial charge on any atom is 0.201 e. The molecule has 15 heavy (non-hydrogen) atoms. The van der Waals surface area contributed by atoms with Crippen LogP contribution in [0.4, 0.5) is 0 Å². The van der Waals surface area contributed by atoms with Gasteiger partial charge in [0.2, 0.25) is 5.78 Å². The fourth-order valence-corrected chi connectivity index (χ4v) is 1.78. The van der Waals surface area contributed by atoms with Crippen molar-refractivity contribution in [3.63, 3.8) is 0 Å². The van der Waals surface area contributed by atoms with E-state index in [1.807, 2.05) is 0 Å². The van der Waals surface area contributed by atoms with E-state index in [2.05, 4.69) is 13.8 Å². The Kier molecular flexibility index (Phi) is 5.16. The highest BCUT2D eigenvalue weighted by Crippen LogP contribution is 2.19. The summed E-state index contributed by atoms with van der Waals surface area (Å²) in [6.45, 7) is 4.24. The van der Waals surface area contributed by atoms with Gasteiger partial charge in [0.1, 0.15) is 0 Å². The molecule has 2 nitrogen and oxygen atoms in total. The molecule has 1 heterocycles. The van der Waals surface area contributed by atoms with Gasteiger partial charge in [0.25, 0.3) is 0 Å². The van der Waals surface area contributed by atoms with Gasteiger partial charge in [-0.1, -0.05) is 33.1 Å². The van der Waals surface area contributed by atoms with Crippen LogP contribution in [0.15, 0.2) is 22.8 Å². The number of hydrogen-bond donors (Lipinski definition) is 0. The Morgan fingerprint density at radius 3 is 2.73 bits per heavy atom. The predicted octanol–water partition coefficient (Wildman–Crippen LogP) is 4.07. The standard InChI is InChI=1S/C13H20O2/c1-3-5-6-8-11(4-2)13(14)12-9-7-10-15-12/h7,9-11H,3-6,8H2,1-2H3. The lowest BCUT2D eigenvalue weighted by Gasteiger charge is -2.11. The minimum atomic E-state index is 0.141. The lowest BCUT2D eigenvalue weighted by atomic mass is 9.93. The monoisotopic (exact) mass is 208 g/mol. The van der Waals surface area contributed by atoms with Crippen molar-refractivity contribution in [3.05, 3.63) is 24.2 Å². The van der Waals surface area contributed by atoms with E-state index in [1.54, 1.807) is 18.4 Å². The number of furan rings is 1. The van der Waals surface area contributed by atoms with Crippen LogP contribution >= 0.6 is 0 Å². The minimum absolute atomic E-state index is 0.141. The molecule has 0 aliphatic carbocycles. The lowest BCUT2D eigenvalue weighted by molar-refractivity contribution is 0.0879. The van der Waals surface area contributed by atoms with E-state index < -0.39 is 0 Å². The molecule has 0 saturated carbocycles. The zero-order chi connectivity index (χ0) is 11.1. The van der Waals surface area contributed by atoms with Crippen LogP contribution in [-0.4, -0.2) is 5.78 Å². The first kappa shape index (κ1) is 12.0.